The Balaban J connectivity index is 1.48. The second-order valence-corrected chi connectivity index (χ2v) is 9.22. The molecule has 1 aliphatic heterocycles. The molecular formula is C27H23Cl2N3O. The molecular weight excluding hydrogens is 453 g/mol. The van der Waals surface area contributed by atoms with Gasteiger partial charge in [0.15, 0.2) is 0 Å². The van der Waals surface area contributed by atoms with Crippen molar-refractivity contribution in [3.8, 4) is 0 Å². The van der Waals surface area contributed by atoms with E-state index in [0.29, 0.717) is 30.2 Å². The number of nitrogens with zero attached hydrogens (tertiary/aromatic N) is 3. The number of rotatable bonds is 3. The van der Waals surface area contributed by atoms with Crippen molar-refractivity contribution in [3.05, 3.63) is 106 Å². The van der Waals surface area contributed by atoms with Crippen LogP contribution in [0.3, 0.4) is 0 Å². The minimum Gasteiger partial charge on any atom is -0.360 e. The van der Waals surface area contributed by atoms with Crippen LogP contribution in [0, 0.1) is 6.92 Å². The van der Waals surface area contributed by atoms with E-state index in [1.54, 1.807) is 6.20 Å². The van der Waals surface area contributed by atoms with Gasteiger partial charge in [-0.15, -0.1) is 0 Å². The molecule has 1 saturated heterocycles. The number of amides is 1. The first-order chi connectivity index (χ1) is 16.0. The van der Waals surface area contributed by atoms with Gasteiger partial charge in [0.1, 0.15) is 0 Å². The van der Waals surface area contributed by atoms with E-state index < -0.39 is 0 Å². The fraction of sp³-hybridized carbons (Fsp3) is 0.185. The number of aryl methyl sites for hydroxylation is 1. The monoisotopic (exact) mass is 475 g/mol. The number of hydrogen-bond donors (Lipinski definition) is 0. The van der Waals surface area contributed by atoms with Gasteiger partial charge in [0, 0.05) is 41.8 Å². The van der Waals surface area contributed by atoms with Crippen molar-refractivity contribution in [1.82, 2.24) is 9.88 Å². The molecule has 0 radical (unpaired) electrons. The zero-order valence-electron chi connectivity index (χ0n) is 18.2. The van der Waals surface area contributed by atoms with Crippen LogP contribution in [0.4, 0.5) is 5.69 Å². The van der Waals surface area contributed by atoms with E-state index in [-0.39, 0.29) is 11.9 Å². The summed E-state index contributed by atoms with van der Waals surface area (Å²) in [5.74, 6) is 0.0226. The summed E-state index contributed by atoms with van der Waals surface area (Å²) in [7, 11) is 0. The lowest BCUT2D eigenvalue weighted by Gasteiger charge is -2.43. The molecule has 0 bridgehead atoms. The summed E-state index contributed by atoms with van der Waals surface area (Å²) in [6.07, 6.45) is 1.76. The van der Waals surface area contributed by atoms with Gasteiger partial charge >= 0.3 is 0 Å². The number of carbonyl (C=O) groups excluding carboxylic acids is 1. The van der Waals surface area contributed by atoms with Crippen LogP contribution in [-0.2, 0) is 0 Å². The van der Waals surface area contributed by atoms with Crippen LogP contribution in [0.15, 0.2) is 79.0 Å². The third-order valence-corrected chi connectivity index (χ3v) is 6.74. The number of fused-ring (bicyclic) bond motifs is 1. The normalized spacial score (nSPS) is 16.3. The molecule has 4 aromatic rings. The number of piperazine rings is 1. The third kappa shape index (κ3) is 4.41. The fourth-order valence-corrected chi connectivity index (χ4v) is 4.93. The van der Waals surface area contributed by atoms with E-state index >= 15 is 0 Å². The van der Waals surface area contributed by atoms with E-state index in [2.05, 4.69) is 22.0 Å². The van der Waals surface area contributed by atoms with E-state index in [9.17, 15) is 4.79 Å². The summed E-state index contributed by atoms with van der Waals surface area (Å²) in [4.78, 5) is 22.0. The minimum absolute atomic E-state index is 0.0226. The average Bonchev–Trinajstić information content (AvgIpc) is 2.84. The lowest BCUT2D eigenvalue weighted by atomic mass is 10.00. The zero-order chi connectivity index (χ0) is 22.9. The summed E-state index contributed by atoms with van der Waals surface area (Å²) in [5, 5.41) is 2.37. The highest BCUT2D eigenvalue weighted by Gasteiger charge is 2.32. The van der Waals surface area contributed by atoms with E-state index in [1.807, 2.05) is 72.5 Å². The van der Waals surface area contributed by atoms with Gasteiger partial charge in [-0.3, -0.25) is 9.78 Å². The predicted molar refractivity (Wildman–Crippen MR) is 135 cm³/mol. The Morgan fingerprint density at radius 1 is 0.970 bits per heavy atom. The second kappa shape index (κ2) is 9.05. The lowest BCUT2D eigenvalue weighted by Crippen LogP contribution is -2.50. The molecule has 1 unspecified atom stereocenters. The maximum absolute atomic E-state index is 13.5. The molecule has 1 aromatic heterocycles. The smallest absolute Gasteiger partial charge is 0.254 e. The molecule has 3 aromatic carbocycles. The summed E-state index contributed by atoms with van der Waals surface area (Å²) >= 11 is 12.8. The SMILES string of the molecule is Cc1ccc(N2CCN(C(=O)c3ccc4ncccc4c3)CC2c2ccc(Cl)cc2)c(Cl)c1. The quantitative estimate of drug-likeness (QED) is 0.336. The Labute approximate surface area is 203 Å². The summed E-state index contributed by atoms with van der Waals surface area (Å²) < 4.78 is 0. The molecule has 4 nitrogen and oxygen atoms in total. The van der Waals surface area contributed by atoms with Gasteiger partial charge in [0.05, 0.1) is 22.3 Å². The predicted octanol–water partition coefficient (Wildman–Crippen LogP) is 6.55. The molecule has 1 atom stereocenters. The Kier molecular flexibility index (Phi) is 5.96. The van der Waals surface area contributed by atoms with E-state index in [4.69, 9.17) is 23.2 Å². The standard InChI is InChI=1S/C27H23Cl2N3O/c1-18-4-11-25(23(29)15-18)32-14-13-31(17-26(32)19-5-8-22(28)9-6-19)27(33)21-7-10-24-20(16-21)3-2-12-30-24/h2-12,15-16,26H,13-14,17H2,1H3. The summed E-state index contributed by atoms with van der Waals surface area (Å²) in [5.41, 5.74) is 4.74. The van der Waals surface area contributed by atoms with Gasteiger partial charge in [0.2, 0.25) is 0 Å². The molecule has 1 amide bonds. The highest BCUT2D eigenvalue weighted by Crippen LogP contribution is 2.36. The first-order valence-corrected chi connectivity index (χ1v) is 11.7. The molecule has 1 aliphatic rings. The fourth-order valence-electron chi connectivity index (χ4n) is 4.46. The van der Waals surface area contributed by atoms with Crippen molar-refractivity contribution in [3.63, 3.8) is 0 Å². The highest BCUT2D eigenvalue weighted by molar-refractivity contribution is 6.33. The number of aromatic nitrogens is 1. The highest BCUT2D eigenvalue weighted by atomic mass is 35.5. The van der Waals surface area contributed by atoms with Gasteiger partial charge in [-0.25, -0.2) is 0 Å². The average molecular weight is 476 g/mol. The zero-order valence-corrected chi connectivity index (χ0v) is 19.7. The van der Waals surface area contributed by atoms with Gasteiger partial charge in [-0.05, 0) is 66.6 Å². The lowest BCUT2D eigenvalue weighted by molar-refractivity contribution is 0.0722. The van der Waals surface area contributed by atoms with Crippen molar-refractivity contribution in [2.75, 3.05) is 24.5 Å². The number of pyridine rings is 1. The second-order valence-electron chi connectivity index (χ2n) is 8.38. The number of halogens is 2. The summed E-state index contributed by atoms with van der Waals surface area (Å²) in [6.45, 7) is 3.87. The van der Waals surface area contributed by atoms with E-state index in [0.717, 1.165) is 32.7 Å². The van der Waals surface area contributed by atoms with Crippen LogP contribution < -0.4 is 4.90 Å². The van der Waals surface area contributed by atoms with Crippen LogP contribution in [0.25, 0.3) is 10.9 Å². The molecule has 0 aliphatic carbocycles. The Hall–Kier alpha value is -3.08. The molecule has 166 valence electrons. The minimum atomic E-state index is -0.0395. The molecule has 33 heavy (non-hydrogen) atoms. The van der Waals surface area contributed by atoms with Gasteiger partial charge in [0.25, 0.3) is 5.91 Å². The Bertz CT molecular complexity index is 1320. The number of anilines is 1. The molecule has 0 saturated carbocycles. The van der Waals surface area contributed by atoms with Crippen molar-refractivity contribution in [2.24, 2.45) is 0 Å². The Morgan fingerprint density at radius 3 is 2.58 bits per heavy atom. The number of carbonyl (C=O) groups is 1. The van der Waals surface area contributed by atoms with Crippen molar-refractivity contribution in [2.45, 2.75) is 13.0 Å². The van der Waals surface area contributed by atoms with Gasteiger partial charge in [-0.1, -0.05) is 47.5 Å². The molecule has 2 heterocycles. The molecule has 6 heteroatoms. The maximum atomic E-state index is 13.5. The van der Waals surface area contributed by atoms with Crippen molar-refractivity contribution >= 4 is 45.7 Å². The van der Waals surface area contributed by atoms with Gasteiger partial charge < -0.3 is 9.80 Å². The van der Waals surface area contributed by atoms with Crippen LogP contribution in [0.2, 0.25) is 10.0 Å². The third-order valence-electron chi connectivity index (χ3n) is 6.18. The first kappa shape index (κ1) is 21.7. The number of benzene rings is 3. The van der Waals surface area contributed by atoms with Gasteiger partial charge in [-0.2, -0.15) is 0 Å². The number of hydrogen-bond acceptors (Lipinski definition) is 3. The van der Waals surface area contributed by atoms with Crippen LogP contribution in [0.1, 0.15) is 27.5 Å². The van der Waals surface area contributed by atoms with Crippen LogP contribution >= 0.6 is 23.2 Å². The van der Waals surface area contributed by atoms with E-state index in [1.165, 1.54) is 0 Å². The van der Waals surface area contributed by atoms with Crippen molar-refractivity contribution in [1.29, 1.82) is 0 Å². The summed E-state index contributed by atoms with van der Waals surface area (Å²) in [6, 6.07) is 23.5. The molecule has 0 spiro atoms. The molecule has 5 rings (SSSR count). The van der Waals surface area contributed by atoms with Crippen molar-refractivity contribution < 1.29 is 4.79 Å². The molecule has 0 N–H and O–H groups in total. The first-order valence-electron chi connectivity index (χ1n) is 10.9. The topological polar surface area (TPSA) is 36.4 Å². The molecule has 1 fully saturated rings. The maximum Gasteiger partial charge on any atom is 0.254 e. The largest absolute Gasteiger partial charge is 0.360 e. The van der Waals surface area contributed by atoms with Crippen LogP contribution in [-0.4, -0.2) is 35.4 Å². The Morgan fingerprint density at radius 2 is 1.79 bits per heavy atom. The van der Waals surface area contributed by atoms with Crippen LogP contribution in [0.5, 0.6) is 0 Å².